The first kappa shape index (κ1) is 12.3. The van der Waals surface area contributed by atoms with Crippen LogP contribution in [0.25, 0.3) is 0 Å². The molecular weight excluding hydrogens is 200 g/mol. The van der Waals surface area contributed by atoms with E-state index in [1.807, 2.05) is 31.2 Å². The lowest BCUT2D eigenvalue weighted by Gasteiger charge is -2.12. The van der Waals surface area contributed by atoms with Crippen LogP contribution in [0.4, 0.5) is 0 Å². The number of carboxylic acid groups (broad SMARTS) is 1. The molecule has 0 amide bonds. The van der Waals surface area contributed by atoms with Crippen molar-refractivity contribution in [1.29, 1.82) is 0 Å². The Labute approximate surface area is 96.3 Å². The maximum absolute atomic E-state index is 11.1. The van der Waals surface area contributed by atoms with E-state index in [0.29, 0.717) is 19.3 Å². The highest BCUT2D eigenvalue weighted by molar-refractivity contribution is 5.70. The Morgan fingerprint density at radius 1 is 1.50 bits per heavy atom. The van der Waals surface area contributed by atoms with Crippen molar-refractivity contribution >= 4 is 5.97 Å². The number of hydrogen-bond acceptors (Lipinski definition) is 1. The maximum Gasteiger partial charge on any atom is 0.306 e. The minimum absolute atomic E-state index is 0.378. The number of carbonyl (C=O) groups is 1. The van der Waals surface area contributed by atoms with Crippen molar-refractivity contribution in [2.75, 3.05) is 0 Å². The van der Waals surface area contributed by atoms with Crippen molar-refractivity contribution in [3.05, 3.63) is 35.4 Å². The predicted molar refractivity (Wildman–Crippen MR) is 64.1 cm³/mol. The number of rotatable bonds is 5. The van der Waals surface area contributed by atoms with E-state index in [1.54, 1.807) is 0 Å². The number of hydrogen-bond donors (Lipinski definition) is 1. The summed E-state index contributed by atoms with van der Waals surface area (Å²) >= 11 is 0. The summed E-state index contributed by atoms with van der Waals surface area (Å²) in [4.78, 5) is 11.1. The Morgan fingerprint density at radius 2 is 2.19 bits per heavy atom. The number of carboxylic acids is 1. The molecule has 16 heavy (non-hydrogen) atoms. The van der Waals surface area contributed by atoms with E-state index in [0.717, 1.165) is 11.1 Å². The Morgan fingerprint density at radius 3 is 2.75 bits per heavy atom. The van der Waals surface area contributed by atoms with Crippen LogP contribution < -0.4 is 0 Å². The minimum atomic E-state index is -0.765. The van der Waals surface area contributed by atoms with Crippen molar-refractivity contribution < 1.29 is 9.90 Å². The molecule has 0 heterocycles. The Balaban J connectivity index is 2.72. The SMILES string of the molecule is C#CCCC(Cc1ccccc1C)C(=O)O. The van der Waals surface area contributed by atoms with E-state index in [9.17, 15) is 4.79 Å². The summed E-state index contributed by atoms with van der Waals surface area (Å²) in [5, 5.41) is 9.08. The first-order valence-corrected chi connectivity index (χ1v) is 5.36. The topological polar surface area (TPSA) is 37.3 Å². The third-order valence-corrected chi connectivity index (χ3v) is 2.71. The smallest absolute Gasteiger partial charge is 0.306 e. The van der Waals surface area contributed by atoms with Gasteiger partial charge in [0.25, 0.3) is 0 Å². The van der Waals surface area contributed by atoms with Crippen LogP contribution in [0.15, 0.2) is 24.3 Å². The van der Waals surface area contributed by atoms with Gasteiger partial charge in [0.1, 0.15) is 0 Å². The average Bonchev–Trinajstić information content (AvgIpc) is 2.26. The number of aliphatic carboxylic acids is 1. The summed E-state index contributed by atoms with van der Waals surface area (Å²) in [7, 11) is 0. The molecule has 1 N–H and O–H groups in total. The molecule has 84 valence electrons. The molecule has 0 spiro atoms. The molecule has 0 bridgehead atoms. The van der Waals surface area contributed by atoms with E-state index in [-0.39, 0.29) is 5.92 Å². The molecule has 2 nitrogen and oxygen atoms in total. The van der Waals surface area contributed by atoms with Gasteiger partial charge in [0.05, 0.1) is 5.92 Å². The summed E-state index contributed by atoms with van der Waals surface area (Å²) in [5.41, 5.74) is 2.22. The molecule has 2 heteroatoms. The maximum atomic E-state index is 11.1. The van der Waals surface area contributed by atoms with E-state index in [4.69, 9.17) is 11.5 Å². The molecule has 0 saturated carbocycles. The summed E-state index contributed by atoms with van der Waals surface area (Å²) < 4.78 is 0. The Bertz CT molecular complexity index is 401. The normalized spacial score (nSPS) is 11.8. The fraction of sp³-hybridized carbons (Fsp3) is 0.357. The molecule has 0 radical (unpaired) electrons. The van der Waals surface area contributed by atoms with Gasteiger partial charge in [-0.25, -0.2) is 0 Å². The van der Waals surface area contributed by atoms with Crippen LogP contribution in [0, 0.1) is 25.2 Å². The molecule has 0 saturated heterocycles. The van der Waals surface area contributed by atoms with Crippen LogP contribution in [0.5, 0.6) is 0 Å². The van der Waals surface area contributed by atoms with Crippen LogP contribution in [0.1, 0.15) is 24.0 Å². The average molecular weight is 216 g/mol. The van der Waals surface area contributed by atoms with Gasteiger partial charge in [-0.2, -0.15) is 0 Å². The lowest BCUT2D eigenvalue weighted by Crippen LogP contribution is -2.16. The molecule has 1 aromatic rings. The fourth-order valence-electron chi connectivity index (χ4n) is 1.67. The minimum Gasteiger partial charge on any atom is -0.481 e. The van der Waals surface area contributed by atoms with E-state index in [1.165, 1.54) is 0 Å². The van der Waals surface area contributed by atoms with Gasteiger partial charge in [0.15, 0.2) is 0 Å². The van der Waals surface area contributed by atoms with Gasteiger partial charge in [-0.3, -0.25) is 4.79 Å². The van der Waals surface area contributed by atoms with Gasteiger partial charge in [-0.1, -0.05) is 24.3 Å². The lowest BCUT2D eigenvalue weighted by atomic mass is 9.93. The summed E-state index contributed by atoms with van der Waals surface area (Å²) in [6, 6.07) is 7.86. The number of aryl methyl sites for hydroxylation is 1. The van der Waals surface area contributed by atoms with Gasteiger partial charge in [0, 0.05) is 6.42 Å². The largest absolute Gasteiger partial charge is 0.481 e. The van der Waals surface area contributed by atoms with Crippen molar-refractivity contribution in [2.45, 2.75) is 26.2 Å². The molecule has 0 aliphatic carbocycles. The molecule has 0 aliphatic rings. The van der Waals surface area contributed by atoms with Crippen LogP contribution in [-0.2, 0) is 11.2 Å². The van der Waals surface area contributed by atoms with Crippen molar-refractivity contribution in [2.24, 2.45) is 5.92 Å². The molecule has 1 aromatic carbocycles. The van der Waals surface area contributed by atoms with Crippen LogP contribution in [-0.4, -0.2) is 11.1 Å². The second-order valence-electron chi connectivity index (χ2n) is 3.91. The quantitative estimate of drug-likeness (QED) is 0.768. The summed E-state index contributed by atoms with van der Waals surface area (Å²) in [6.07, 6.45) is 6.78. The number of terminal acetylenes is 1. The zero-order valence-electron chi connectivity index (χ0n) is 9.44. The Hall–Kier alpha value is -1.75. The van der Waals surface area contributed by atoms with Gasteiger partial charge in [-0.15, -0.1) is 12.3 Å². The zero-order chi connectivity index (χ0) is 12.0. The fourth-order valence-corrected chi connectivity index (χ4v) is 1.67. The third kappa shape index (κ3) is 3.43. The first-order chi connectivity index (χ1) is 7.65. The highest BCUT2D eigenvalue weighted by atomic mass is 16.4. The van der Waals surface area contributed by atoms with E-state index in [2.05, 4.69) is 5.92 Å². The second kappa shape index (κ2) is 5.97. The molecule has 0 aliphatic heterocycles. The van der Waals surface area contributed by atoms with Gasteiger partial charge in [0.2, 0.25) is 0 Å². The van der Waals surface area contributed by atoms with Gasteiger partial charge < -0.3 is 5.11 Å². The molecule has 1 unspecified atom stereocenters. The van der Waals surface area contributed by atoms with Crippen LogP contribution in [0.3, 0.4) is 0 Å². The second-order valence-corrected chi connectivity index (χ2v) is 3.91. The molecule has 0 fully saturated rings. The van der Waals surface area contributed by atoms with Crippen LogP contribution >= 0.6 is 0 Å². The first-order valence-electron chi connectivity index (χ1n) is 5.36. The van der Waals surface area contributed by atoms with Crippen molar-refractivity contribution in [3.63, 3.8) is 0 Å². The van der Waals surface area contributed by atoms with E-state index >= 15 is 0 Å². The van der Waals surface area contributed by atoms with Gasteiger partial charge >= 0.3 is 5.97 Å². The highest BCUT2D eigenvalue weighted by Crippen LogP contribution is 2.17. The monoisotopic (exact) mass is 216 g/mol. The standard InChI is InChI=1S/C14H16O2/c1-3-4-8-13(14(15)16)10-12-9-6-5-7-11(12)2/h1,5-7,9,13H,4,8,10H2,2H3,(H,15,16). The summed E-state index contributed by atoms with van der Waals surface area (Å²) in [6.45, 7) is 2.00. The van der Waals surface area contributed by atoms with Crippen molar-refractivity contribution in [3.8, 4) is 12.3 Å². The van der Waals surface area contributed by atoms with Crippen molar-refractivity contribution in [1.82, 2.24) is 0 Å². The van der Waals surface area contributed by atoms with E-state index < -0.39 is 5.97 Å². The number of benzene rings is 1. The summed E-state index contributed by atoms with van der Waals surface area (Å²) in [5.74, 6) is 1.35. The Kier molecular flexibility index (Phi) is 4.60. The molecular formula is C14H16O2. The highest BCUT2D eigenvalue weighted by Gasteiger charge is 2.17. The van der Waals surface area contributed by atoms with Gasteiger partial charge in [-0.05, 0) is 30.9 Å². The van der Waals surface area contributed by atoms with Crippen LogP contribution in [0.2, 0.25) is 0 Å². The molecule has 1 rings (SSSR count). The third-order valence-electron chi connectivity index (χ3n) is 2.71. The predicted octanol–water partition coefficient (Wildman–Crippen LogP) is 2.65. The molecule has 1 atom stereocenters. The molecule has 0 aromatic heterocycles. The lowest BCUT2D eigenvalue weighted by molar-refractivity contribution is -0.141. The zero-order valence-corrected chi connectivity index (χ0v) is 9.44.